The van der Waals surface area contributed by atoms with E-state index in [1.54, 1.807) is 17.8 Å². The topological polar surface area (TPSA) is 26.0 Å². The van der Waals surface area contributed by atoms with Crippen molar-refractivity contribution in [1.82, 2.24) is 0 Å². The molecule has 0 aliphatic heterocycles. The first-order valence-electron chi connectivity index (χ1n) is 6.30. The zero-order chi connectivity index (χ0) is 13.8. The van der Waals surface area contributed by atoms with Crippen molar-refractivity contribution in [2.75, 3.05) is 6.54 Å². The molecule has 0 saturated heterocycles. The van der Waals surface area contributed by atoms with E-state index in [0.717, 1.165) is 0 Å². The Kier molecular flexibility index (Phi) is 4.61. The predicted molar refractivity (Wildman–Crippen MR) is 80.0 cm³/mol. The van der Waals surface area contributed by atoms with Crippen LogP contribution in [0.5, 0.6) is 0 Å². The van der Waals surface area contributed by atoms with Crippen LogP contribution in [0.4, 0.5) is 4.39 Å². The molecule has 2 rings (SSSR count). The third-order valence-electron chi connectivity index (χ3n) is 3.08. The highest BCUT2D eigenvalue weighted by Crippen LogP contribution is 2.37. The van der Waals surface area contributed by atoms with Gasteiger partial charge in [0.1, 0.15) is 5.82 Å². The Balaban J connectivity index is 2.29. The molecule has 100 valence electrons. The Morgan fingerprint density at radius 3 is 2.58 bits per heavy atom. The van der Waals surface area contributed by atoms with E-state index < -0.39 is 0 Å². The number of benzene rings is 2. The van der Waals surface area contributed by atoms with Crippen LogP contribution >= 0.6 is 11.8 Å². The normalized spacial score (nSPS) is 12.4. The number of aryl methyl sites for hydroxylation is 2. The second-order valence-electron chi connectivity index (χ2n) is 4.63. The molecule has 0 aromatic heterocycles. The zero-order valence-electron chi connectivity index (χ0n) is 11.2. The van der Waals surface area contributed by atoms with Gasteiger partial charge in [-0.3, -0.25) is 0 Å². The molecule has 0 saturated carbocycles. The van der Waals surface area contributed by atoms with Gasteiger partial charge in [-0.1, -0.05) is 35.9 Å². The summed E-state index contributed by atoms with van der Waals surface area (Å²) in [5.74, 6) is -0.184. The van der Waals surface area contributed by atoms with Crippen molar-refractivity contribution in [2.24, 2.45) is 5.73 Å². The summed E-state index contributed by atoms with van der Waals surface area (Å²) in [7, 11) is 0. The van der Waals surface area contributed by atoms with E-state index >= 15 is 0 Å². The number of thioether (sulfide) groups is 1. The minimum atomic E-state index is -0.184. The van der Waals surface area contributed by atoms with Crippen LogP contribution in [0.2, 0.25) is 0 Å². The van der Waals surface area contributed by atoms with Crippen LogP contribution in [0.15, 0.2) is 47.4 Å². The van der Waals surface area contributed by atoms with Gasteiger partial charge >= 0.3 is 0 Å². The number of nitrogens with two attached hydrogens (primary N) is 1. The Hall–Kier alpha value is -1.32. The second kappa shape index (κ2) is 6.22. The van der Waals surface area contributed by atoms with Crippen LogP contribution in [0, 0.1) is 19.7 Å². The Morgan fingerprint density at radius 1 is 1.16 bits per heavy atom. The molecule has 0 amide bonds. The third kappa shape index (κ3) is 3.37. The predicted octanol–water partition coefficient (Wildman–Crippen LogP) is 4.23. The van der Waals surface area contributed by atoms with Crippen molar-refractivity contribution in [1.29, 1.82) is 0 Å². The van der Waals surface area contributed by atoms with Gasteiger partial charge in [-0.2, -0.15) is 0 Å². The fraction of sp³-hybridized carbons (Fsp3) is 0.250. The lowest BCUT2D eigenvalue weighted by Crippen LogP contribution is -2.11. The second-order valence-corrected chi connectivity index (χ2v) is 5.88. The first-order chi connectivity index (χ1) is 9.11. The van der Waals surface area contributed by atoms with E-state index in [9.17, 15) is 4.39 Å². The maximum atomic E-state index is 13.8. The highest BCUT2D eigenvalue weighted by atomic mass is 32.2. The van der Waals surface area contributed by atoms with Crippen LogP contribution in [0.1, 0.15) is 21.9 Å². The van der Waals surface area contributed by atoms with Crippen molar-refractivity contribution in [2.45, 2.75) is 24.0 Å². The first-order valence-corrected chi connectivity index (χ1v) is 7.18. The van der Waals surface area contributed by atoms with Crippen molar-refractivity contribution in [3.63, 3.8) is 0 Å². The number of hydrogen-bond acceptors (Lipinski definition) is 2. The number of hydrogen-bond donors (Lipinski definition) is 1. The lowest BCUT2D eigenvalue weighted by Gasteiger charge is -2.17. The fourth-order valence-electron chi connectivity index (χ4n) is 1.96. The highest BCUT2D eigenvalue weighted by Gasteiger charge is 2.16. The molecule has 1 atom stereocenters. The quantitative estimate of drug-likeness (QED) is 0.845. The van der Waals surface area contributed by atoms with Gasteiger partial charge < -0.3 is 5.73 Å². The minimum absolute atomic E-state index is 0.0540. The average molecular weight is 275 g/mol. The van der Waals surface area contributed by atoms with E-state index in [1.807, 2.05) is 12.1 Å². The van der Waals surface area contributed by atoms with E-state index in [1.165, 1.54) is 22.1 Å². The standard InChI is InChI=1S/C16H18FNS/c1-11-7-8-12(2)15(9-11)19-16(10-18)13-5-3-4-6-14(13)17/h3-9,16H,10,18H2,1-2H3. The molecular formula is C16H18FNS. The summed E-state index contributed by atoms with van der Waals surface area (Å²) in [5, 5.41) is -0.0540. The maximum Gasteiger partial charge on any atom is 0.127 e. The summed E-state index contributed by atoms with van der Waals surface area (Å²) in [6.45, 7) is 4.54. The number of rotatable bonds is 4. The van der Waals surface area contributed by atoms with Crippen LogP contribution in [0.25, 0.3) is 0 Å². The maximum absolute atomic E-state index is 13.8. The average Bonchev–Trinajstić information content (AvgIpc) is 2.41. The van der Waals surface area contributed by atoms with E-state index in [2.05, 4.69) is 32.0 Å². The molecule has 0 heterocycles. The van der Waals surface area contributed by atoms with Crippen molar-refractivity contribution >= 4 is 11.8 Å². The van der Waals surface area contributed by atoms with E-state index in [-0.39, 0.29) is 11.1 Å². The molecule has 0 bridgehead atoms. The van der Waals surface area contributed by atoms with Crippen LogP contribution < -0.4 is 5.73 Å². The Bertz CT molecular complexity index is 568. The molecule has 0 fully saturated rings. The van der Waals surface area contributed by atoms with Crippen molar-refractivity contribution < 1.29 is 4.39 Å². The minimum Gasteiger partial charge on any atom is -0.329 e. The van der Waals surface area contributed by atoms with E-state index in [4.69, 9.17) is 5.73 Å². The molecule has 19 heavy (non-hydrogen) atoms. The summed E-state index contributed by atoms with van der Waals surface area (Å²) >= 11 is 1.63. The first kappa shape index (κ1) is 14.1. The lowest BCUT2D eigenvalue weighted by molar-refractivity contribution is 0.608. The Labute approximate surface area is 118 Å². The summed E-state index contributed by atoms with van der Waals surface area (Å²) in [4.78, 5) is 1.17. The summed E-state index contributed by atoms with van der Waals surface area (Å²) < 4.78 is 13.8. The van der Waals surface area contributed by atoms with Crippen LogP contribution in [-0.2, 0) is 0 Å². The molecule has 2 aromatic rings. The lowest BCUT2D eigenvalue weighted by atomic mass is 10.1. The molecule has 2 N–H and O–H groups in total. The van der Waals surface area contributed by atoms with Crippen molar-refractivity contribution in [3.8, 4) is 0 Å². The summed E-state index contributed by atoms with van der Waals surface area (Å²) in [5.41, 5.74) is 8.90. The molecule has 0 spiro atoms. The van der Waals surface area contributed by atoms with Crippen LogP contribution in [-0.4, -0.2) is 6.54 Å². The largest absolute Gasteiger partial charge is 0.329 e. The van der Waals surface area contributed by atoms with Gasteiger partial charge in [0.15, 0.2) is 0 Å². The smallest absolute Gasteiger partial charge is 0.127 e. The molecule has 0 radical (unpaired) electrons. The van der Waals surface area contributed by atoms with E-state index in [0.29, 0.717) is 12.1 Å². The molecular weight excluding hydrogens is 257 g/mol. The molecule has 1 nitrogen and oxygen atoms in total. The molecule has 3 heteroatoms. The van der Waals surface area contributed by atoms with Gasteiger partial charge in [0, 0.05) is 22.3 Å². The fourth-order valence-corrected chi connectivity index (χ4v) is 3.19. The summed E-state index contributed by atoms with van der Waals surface area (Å²) in [6, 6.07) is 13.2. The zero-order valence-corrected chi connectivity index (χ0v) is 12.0. The van der Waals surface area contributed by atoms with Crippen molar-refractivity contribution in [3.05, 3.63) is 65.0 Å². The highest BCUT2D eigenvalue weighted by molar-refractivity contribution is 7.99. The third-order valence-corrected chi connectivity index (χ3v) is 4.50. The molecule has 1 unspecified atom stereocenters. The SMILES string of the molecule is Cc1ccc(C)c(SC(CN)c2ccccc2F)c1. The van der Waals surface area contributed by atoms with Gasteiger partial charge in [-0.25, -0.2) is 4.39 Å². The summed E-state index contributed by atoms with van der Waals surface area (Å²) in [6.07, 6.45) is 0. The van der Waals surface area contributed by atoms with Gasteiger partial charge in [0.05, 0.1) is 0 Å². The molecule has 0 aliphatic carbocycles. The molecule has 2 aromatic carbocycles. The number of halogens is 1. The van der Waals surface area contributed by atoms with Gasteiger partial charge in [0.2, 0.25) is 0 Å². The van der Waals surface area contributed by atoms with Gasteiger partial charge in [0.25, 0.3) is 0 Å². The molecule has 0 aliphatic rings. The van der Waals surface area contributed by atoms with Gasteiger partial charge in [-0.15, -0.1) is 11.8 Å². The Morgan fingerprint density at radius 2 is 1.89 bits per heavy atom. The van der Waals surface area contributed by atoms with Crippen LogP contribution in [0.3, 0.4) is 0 Å². The van der Waals surface area contributed by atoms with Gasteiger partial charge in [-0.05, 0) is 31.5 Å². The monoisotopic (exact) mass is 275 g/mol.